The van der Waals surface area contributed by atoms with Crippen molar-refractivity contribution in [3.8, 4) is 0 Å². The molecule has 2 rings (SSSR count). The van der Waals surface area contributed by atoms with Gasteiger partial charge < -0.3 is 29.2 Å². The van der Waals surface area contributed by atoms with Crippen LogP contribution in [-0.2, 0) is 47.7 Å². The summed E-state index contributed by atoms with van der Waals surface area (Å²) >= 11 is 0. The Balaban J connectivity index is 0.000000436. The first-order chi connectivity index (χ1) is 19.8. The number of carbonyl (C=O) groups excluding carboxylic acids is 4. The van der Waals surface area contributed by atoms with Gasteiger partial charge in [0.1, 0.15) is 26.4 Å². The van der Waals surface area contributed by atoms with Crippen LogP contribution in [0.1, 0.15) is 81.1 Å². The van der Waals surface area contributed by atoms with E-state index in [0.29, 0.717) is 19.3 Å². The number of esters is 4. The van der Waals surface area contributed by atoms with Crippen LogP contribution < -0.4 is 0 Å². The fraction of sp³-hybridized carbons (Fsp3) is 0.742. The van der Waals surface area contributed by atoms with E-state index in [0.717, 1.165) is 0 Å². The Labute approximate surface area is 253 Å². The average molecular weight is 613 g/mol. The molecule has 0 saturated heterocycles. The first-order valence-corrected chi connectivity index (χ1v) is 14.6. The number of carboxylic acid groups (broad SMARTS) is 2. The number of fused-ring (bicyclic) bond motifs is 2. The van der Waals surface area contributed by atoms with Gasteiger partial charge in [0.2, 0.25) is 0 Å². The largest absolute Gasteiger partial charge is 0.481 e. The van der Waals surface area contributed by atoms with Crippen LogP contribution in [-0.4, -0.2) is 72.5 Å². The lowest BCUT2D eigenvalue weighted by molar-refractivity contribution is -0.163. The molecule has 2 bridgehead atoms. The molecule has 0 heterocycles. The summed E-state index contributed by atoms with van der Waals surface area (Å²) in [5.41, 5.74) is -2.29. The highest BCUT2D eigenvalue weighted by Gasteiger charge is 2.52. The number of hydrogen-bond donors (Lipinski definition) is 2. The van der Waals surface area contributed by atoms with Gasteiger partial charge in [-0.05, 0) is 72.6 Å². The maximum Gasteiger partial charge on any atom is 0.311 e. The van der Waals surface area contributed by atoms with E-state index >= 15 is 0 Å². The van der Waals surface area contributed by atoms with Crippen molar-refractivity contribution < 1.29 is 57.9 Å². The van der Waals surface area contributed by atoms with Crippen LogP contribution in [0.2, 0.25) is 0 Å². The molecule has 2 aliphatic rings. The molecule has 2 aliphatic carbocycles. The molecule has 0 radical (unpaired) electrons. The highest BCUT2D eigenvalue weighted by atomic mass is 16.6. The van der Waals surface area contributed by atoms with Crippen molar-refractivity contribution in [1.29, 1.82) is 0 Å². The second-order valence-electron chi connectivity index (χ2n) is 12.8. The molecule has 2 N–H and O–H groups in total. The summed E-state index contributed by atoms with van der Waals surface area (Å²) in [6.07, 6.45) is 5.55. The number of ether oxygens (including phenoxy) is 4. The lowest BCUT2D eigenvalue weighted by atomic mass is 9.83. The van der Waals surface area contributed by atoms with Crippen molar-refractivity contribution in [2.24, 2.45) is 39.9 Å². The molecule has 4 atom stereocenters. The van der Waals surface area contributed by atoms with Crippen LogP contribution in [0.25, 0.3) is 0 Å². The molecule has 43 heavy (non-hydrogen) atoms. The van der Waals surface area contributed by atoms with E-state index in [9.17, 15) is 33.9 Å². The summed E-state index contributed by atoms with van der Waals surface area (Å²) < 4.78 is 20.1. The second kappa shape index (κ2) is 15.9. The van der Waals surface area contributed by atoms with Crippen LogP contribution in [0.15, 0.2) is 12.2 Å². The van der Waals surface area contributed by atoms with Gasteiger partial charge in [0.05, 0.1) is 34.5 Å². The van der Waals surface area contributed by atoms with Gasteiger partial charge in [-0.25, -0.2) is 0 Å². The molecule has 0 aromatic carbocycles. The fourth-order valence-corrected chi connectivity index (χ4v) is 4.31. The maximum atomic E-state index is 12.2. The molecular weight excluding hydrogens is 564 g/mol. The number of aliphatic carboxylic acids is 2. The molecule has 244 valence electrons. The average Bonchev–Trinajstić information content (AvgIpc) is 3.55. The smallest absolute Gasteiger partial charge is 0.311 e. The van der Waals surface area contributed by atoms with Crippen LogP contribution in [0, 0.1) is 39.9 Å². The second-order valence-corrected chi connectivity index (χ2v) is 12.8. The van der Waals surface area contributed by atoms with Crippen molar-refractivity contribution >= 4 is 35.8 Å². The predicted molar refractivity (Wildman–Crippen MR) is 153 cm³/mol. The molecule has 0 aromatic heterocycles. The molecule has 12 nitrogen and oxygen atoms in total. The summed E-state index contributed by atoms with van der Waals surface area (Å²) in [4.78, 5) is 69.2. The Hall–Kier alpha value is -3.44. The first kappa shape index (κ1) is 37.6. The van der Waals surface area contributed by atoms with E-state index in [4.69, 9.17) is 24.1 Å². The van der Waals surface area contributed by atoms with Gasteiger partial charge in [0.15, 0.2) is 0 Å². The van der Waals surface area contributed by atoms with Gasteiger partial charge in [-0.2, -0.15) is 0 Å². The molecule has 1 fully saturated rings. The number of hydrogen-bond acceptors (Lipinski definition) is 10. The van der Waals surface area contributed by atoms with Gasteiger partial charge >= 0.3 is 35.8 Å². The van der Waals surface area contributed by atoms with E-state index in [2.05, 4.69) is 0 Å². The van der Waals surface area contributed by atoms with Crippen molar-refractivity contribution in [1.82, 2.24) is 0 Å². The SMILES string of the molecule is CCC(C)(C)C(=O)OCCOC(=O)C1C2C=CC(C2)C1C(=O)O.CCC(C)(C)C(=O)OCCOC(=O)CC(C)(C)C(=O)O. The third kappa shape index (κ3) is 11.0. The quantitative estimate of drug-likeness (QED) is 0.117. The number of carboxylic acids is 2. The van der Waals surface area contributed by atoms with Crippen LogP contribution in [0.5, 0.6) is 0 Å². The molecule has 12 heteroatoms. The first-order valence-electron chi connectivity index (χ1n) is 14.6. The van der Waals surface area contributed by atoms with Crippen LogP contribution >= 0.6 is 0 Å². The Bertz CT molecular complexity index is 1050. The molecule has 0 aliphatic heterocycles. The number of allylic oxidation sites excluding steroid dienone is 2. The summed E-state index contributed by atoms with van der Waals surface area (Å²) in [5.74, 6) is -5.32. The summed E-state index contributed by atoms with van der Waals surface area (Å²) in [5, 5.41) is 18.2. The monoisotopic (exact) mass is 612 g/mol. The summed E-state index contributed by atoms with van der Waals surface area (Å²) in [7, 11) is 0. The van der Waals surface area contributed by atoms with Gasteiger partial charge in [-0.1, -0.05) is 26.0 Å². The minimum absolute atomic E-state index is 0.0115. The van der Waals surface area contributed by atoms with Gasteiger partial charge in [0.25, 0.3) is 0 Å². The Morgan fingerprint density at radius 3 is 1.49 bits per heavy atom. The van der Waals surface area contributed by atoms with E-state index in [1.165, 1.54) is 13.8 Å². The van der Waals surface area contributed by atoms with E-state index in [-0.39, 0.29) is 56.6 Å². The third-order valence-corrected chi connectivity index (χ3v) is 8.20. The van der Waals surface area contributed by atoms with Crippen molar-refractivity contribution in [2.45, 2.75) is 81.1 Å². The molecular formula is C31H48O12. The zero-order valence-electron chi connectivity index (χ0n) is 26.6. The van der Waals surface area contributed by atoms with Gasteiger partial charge in [-0.3, -0.25) is 28.8 Å². The number of carbonyl (C=O) groups is 6. The molecule has 0 aromatic rings. The van der Waals surface area contributed by atoms with E-state index < -0.39 is 52.0 Å². The van der Waals surface area contributed by atoms with Crippen molar-refractivity contribution in [2.75, 3.05) is 26.4 Å². The lowest BCUT2D eigenvalue weighted by Gasteiger charge is -2.23. The zero-order chi connectivity index (χ0) is 33.2. The Morgan fingerprint density at radius 2 is 1.07 bits per heavy atom. The van der Waals surface area contributed by atoms with Crippen molar-refractivity contribution in [3.63, 3.8) is 0 Å². The standard InChI is InChI=1S/C17H24O6.C14H24O6/c1-4-17(2,3)16(21)23-8-7-22-15(20)13-11-6-5-10(9-11)12(13)14(18)19;1-6-13(2,3)12(18)20-8-7-19-10(15)9-14(4,5)11(16)17/h5-6,10-13H,4,7-9H2,1-3H3,(H,18,19);6-9H2,1-5H3,(H,16,17). The molecule has 0 amide bonds. The topological polar surface area (TPSA) is 180 Å². The Kier molecular flexibility index (Phi) is 13.9. The molecule has 4 unspecified atom stereocenters. The summed E-state index contributed by atoms with van der Waals surface area (Å²) in [6, 6.07) is 0. The van der Waals surface area contributed by atoms with E-state index in [1.54, 1.807) is 27.7 Å². The summed E-state index contributed by atoms with van der Waals surface area (Å²) in [6.45, 7) is 13.7. The highest BCUT2D eigenvalue weighted by Crippen LogP contribution is 2.48. The van der Waals surface area contributed by atoms with Gasteiger partial charge in [-0.15, -0.1) is 0 Å². The fourth-order valence-electron chi connectivity index (χ4n) is 4.31. The Morgan fingerprint density at radius 1 is 0.651 bits per heavy atom. The minimum Gasteiger partial charge on any atom is -0.481 e. The number of rotatable bonds is 15. The normalized spacial score (nSPS) is 20.8. The lowest BCUT2D eigenvalue weighted by Crippen LogP contribution is -2.35. The van der Waals surface area contributed by atoms with Gasteiger partial charge in [0, 0.05) is 0 Å². The van der Waals surface area contributed by atoms with Crippen molar-refractivity contribution in [3.05, 3.63) is 12.2 Å². The maximum absolute atomic E-state index is 12.2. The zero-order valence-corrected chi connectivity index (χ0v) is 26.6. The molecule has 0 spiro atoms. The predicted octanol–water partition coefficient (Wildman–Crippen LogP) is 4.04. The van der Waals surface area contributed by atoms with Crippen LogP contribution in [0.3, 0.4) is 0 Å². The third-order valence-electron chi connectivity index (χ3n) is 8.20. The highest BCUT2D eigenvalue weighted by molar-refractivity contribution is 5.84. The molecule has 1 saturated carbocycles. The van der Waals surface area contributed by atoms with E-state index in [1.807, 2.05) is 26.0 Å². The van der Waals surface area contributed by atoms with Crippen LogP contribution in [0.4, 0.5) is 0 Å². The minimum atomic E-state index is -1.17.